The molecule has 112 valence electrons. The minimum absolute atomic E-state index is 0. The molecule has 0 radical (unpaired) electrons. The number of hydrazine groups is 1. The van der Waals surface area contributed by atoms with Gasteiger partial charge >= 0.3 is 0 Å². The predicted molar refractivity (Wildman–Crippen MR) is 81.2 cm³/mol. The Labute approximate surface area is 128 Å². The number of hydrogen-bond donors (Lipinski definition) is 2. The lowest BCUT2D eigenvalue weighted by Gasteiger charge is -1.96. The average molecular weight is 323 g/mol. The lowest BCUT2D eigenvalue weighted by Crippen LogP contribution is -2.27. The normalized spacial score (nSPS) is 11.4. The maximum absolute atomic E-state index is 10.8. The molecular formula is C12H16Cl2N2O4. The quantitative estimate of drug-likeness (QED) is 0.284. The van der Waals surface area contributed by atoms with Crippen LogP contribution in [0.5, 0.6) is 11.5 Å². The smallest absolute Gasteiger partial charge is 0.257 e. The van der Waals surface area contributed by atoms with E-state index < -0.39 is 0 Å². The van der Waals surface area contributed by atoms with Crippen LogP contribution in [0.4, 0.5) is 0 Å². The highest BCUT2D eigenvalue weighted by atomic mass is 35.5. The number of nitrogens with two attached hydrogens (primary N) is 1. The van der Waals surface area contributed by atoms with Crippen molar-refractivity contribution in [1.29, 1.82) is 0 Å². The summed E-state index contributed by atoms with van der Waals surface area (Å²) >= 11 is 0. The summed E-state index contributed by atoms with van der Waals surface area (Å²) in [6, 6.07) is 5.62. The summed E-state index contributed by atoms with van der Waals surface area (Å²) in [5.41, 5.74) is 2.97. The second-order valence-electron chi connectivity index (χ2n) is 3.34. The number of ether oxygens (including phenoxy) is 2. The van der Waals surface area contributed by atoms with Crippen molar-refractivity contribution in [3.63, 3.8) is 0 Å². The maximum Gasteiger partial charge on any atom is 0.257 e. The lowest BCUT2D eigenvalue weighted by atomic mass is 10.2. The number of amides is 1. The Morgan fingerprint density at radius 2 is 1.90 bits per heavy atom. The molecule has 1 amide bonds. The zero-order valence-electron chi connectivity index (χ0n) is 10.4. The predicted octanol–water partition coefficient (Wildman–Crippen LogP) is 0.993. The summed E-state index contributed by atoms with van der Waals surface area (Å²) in [7, 11) is 0. The van der Waals surface area contributed by atoms with E-state index >= 15 is 0 Å². The molecule has 0 saturated carbocycles. The van der Waals surface area contributed by atoms with E-state index in [1.54, 1.807) is 12.2 Å². The second-order valence-corrected chi connectivity index (χ2v) is 3.34. The van der Waals surface area contributed by atoms with Gasteiger partial charge in [0.25, 0.3) is 5.91 Å². The minimum atomic E-state index is -0.347. The van der Waals surface area contributed by atoms with Gasteiger partial charge in [0.15, 0.2) is 11.5 Å². The van der Waals surface area contributed by atoms with E-state index in [0.29, 0.717) is 0 Å². The van der Waals surface area contributed by atoms with Crippen LogP contribution in [0.2, 0.25) is 0 Å². The van der Waals surface area contributed by atoms with E-state index in [0.717, 1.165) is 17.1 Å². The minimum Gasteiger partial charge on any atom is -0.454 e. The number of benzene rings is 1. The third kappa shape index (κ3) is 5.50. The molecule has 0 atom stereocenters. The molecule has 1 aliphatic heterocycles. The molecule has 1 aromatic carbocycles. The molecule has 1 aliphatic rings. The number of fused-ring (bicyclic) bond motifs is 1. The zero-order chi connectivity index (χ0) is 12.1. The number of nitrogens with one attached hydrogen (secondary N) is 1. The molecule has 0 bridgehead atoms. The van der Waals surface area contributed by atoms with Gasteiger partial charge in [-0.05, 0) is 17.7 Å². The van der Waals surface area contributed by atoms with E-state index in [2.05, 4.69) is 0 Å². The van der Waals surface area contributed by atoms with Gasteiger partial charge in [-0.2, -0.15) is 0 Å². The van der Waals surface area contributed by atoms with Crippen molar-refractivity contribution in [2.75, 3.05) is 6.79 Å². The van der Waals surface area contributed by atoms with Crippen LogP contribution in [0.25, 0.3) is 6.08 Å². The fraction of sp³-hybridized carbons (Fsp3) is 0.0833. The highest BCUT2D eigenvalue weighted by Gasteiger charge is 2.11. The van der Waals surface area contributed by atoms with Crippen LogP contribution in [-0.2, 0) is 4.79 Å². The van der Waals surface area contributed by atoms with Gasteiger partial charge in [0.1, 0.15) is 0 Å². The highest BCUT2D eigenvalue weighted by Crippen LogP contribution is 2.32. The third-order valence-corrected chi connectivity index (χ3v) is 2.19. The molecule has 5 N–H and O–H groups in total. The van der Waals surface area contributed by atoms with Gasteiger partial charge < -0.3 is 14.9 Å². The van der Waals surface area contributed by atoms with Crippen molar-refractivity contribution >= 4 is 36.8 Å². The van der Waals surface area contributed by atoms with Crippen molar-refractivity contribution in [2.45, 2.75) is 0 Å². The van der Waals surface area contributed by atoms with E-state index in [4.69, 9.17) is 15.3 Å². The number of halogens is 2. The lowest BCUT2D eigenvalue weighted by molar-refractivity contribution is -0.116. The number of hydrogen-bond acceptors (Lipinski definition) is 4. The highest BCUT2D eigenvalue weighted by molar-refractivity contribution is 5.87. The summed E-state index contributed by atoms with van der Waals surface area (Å²) in [5.74, 6) is 6.06. The van der Waals surface area contributed by atoms with Crippen molar-refractivity contribution in [2.24, 2.45) is 5.84 Å². The SMILES string of the molecule is Cl.Cl.NNC(=O)C=CC=Cc1ccc2c(c1)OCO2.O. The molecular weight excluding hydrogens is 307 g/mol. The molecule has 1 heterocycles. The van der Waals surface area contributed by atoms with Crippen molar-refractivity contribution in [1.82, 2.24) is 5.43 Å². The Kier molecular flexibility index (Phi) is 10.4. The molecule has 0 saturated heterocycles. The van der Waals surface area contributed by atoms with E-state index in [1.165, 1.54) is 6.08 Å². The number of carbonyl (C=O) groups excluding carboxylic acids is 1. The summed E-state index contributed by atoms with van der Waals surface area (Å²) in [5, 5.41) is 0. The monoisotopic (exact) mass is 322 g/mol. The first-order chi connectivity index (χ1) is 8.29. The number of rotatable bonds is 3. The Balaban J connectivity index is 0. The van der Waals surface area contributed by atoms with Crippen LogP contribution in [-0.4, -0.2) is 18.2 Å². The largest absolute Gasteiger partial charge is 0.454 e. The maximum atomic E-state index is 10.8. The second kappa shape index (κ2) is 10.1. The molecule has 1 aromatic rings. The average Bonchev–Trinajstić information content (AvgIpc) is 2.81. The summed E-state index contributed by atoms with van der Waals surface area (Å²) in [4.78, 5) is 10.8. The Hall–Kier alpha value is -1.73. The van der Waals surface area contributed by atoms with Gasteiger partial charge in [-0.15, -0.1) is 24.8 Å². The Bertz CT molecular complexity index is 492. The third-order valence-electron chi connectivity index (χ3n) is 2.19. The van der Waals surface area contributed by atoms with Crippen LogP contribution in [0.1, 0.15) is 5.56 Å². The van der Waals surface area contributed by atoms with Crippen LogP contribution < -0.4 is 20.7 Å². The Morgan fingerprint density at radius 3 is 2.60 bits per heavy atom. The first kappa shape index (κ1) is 20.6. The van der Waals surface area contributed by atoms with Gasteiger partial charge in [0.05, 0.1) is 0 Å². The van der Waals surface area contributed by atoms with Crippen molar-refractivity contribution in [3.05, 3.63) is 42.0 Å². The van der Waals surface area contributed by atoms with Crippen molar-refractivity contribution in [3.8, 4) is 11.5 Å². The molecule has 0 aliphatic carbocycles. The molecule has 8 heteroatoms. The fourth-order valence-corrected chi connectivity index (χ4v) is 1.37. The van der Waals surface area contributed by atoms with Crippen LogP contribution >= 0.6 is 24.8 Å². The first-order valence-corrected chi connectivity index (χ1v) is 5.04. The van der Waals surface area contributed by atoms with E-state index in [1.807, 2.05) is 29.7 Å². The molecule has 0 unspecified atom stereocenters. The molecule has 6 nitrogen and oxygen atoms in total. The zero-order valence-corrected chi connectivity index (χ0v) is 12.0. The van der Waals surface area contributed by atoms with E-state index in [9.17, 15) is 4.79 Å². The van der Waals surface area contributed by atoms with Crippen LogP contribution in [0, 0.1) is 0 Å². The number of allylic oxidation sites excluding steroid dienone is 2. The number of carbonyl (C=O) groups is 1. The van der Waals surface area contributed by atoms with Gasteiger partial charge in [-0.25, -0.2) is 5.84 Å². The summed E-state index contributed by atoms with van der Waals surface area (Å²) in [6.07, 6.45) is 6.53. The van der Waals surface area contributed by atoms with Crippen molar-refractivity contribution < 1.29 is 19.7 Å². The molecule has 0 fully saturated rings. The van der Waals surface area contributed by atoms with Crippen LogP contribution in [0.15, 0.2) is 36.4 Å². The Morgan fingerprint density at radius 1 is 1.20 bits per heavy atom. The summed E-state index contributed by atoms with van der Waals surface area (Å²) in [6.45, 7) is 0.263. The first-order valence-electron chi connectivity index (χ1n) is 5.04. The molecule has 2 rings (SSSR count). The molecule has 0 spiro atoms. The molecule has 0 aromatic heterocycles. The fourth-order valence-electron chi connectivity index (χ4n) is 1.37. The van der Waals surface area contributed by atoms with Gasteiger partial charge in [-0.1, -0.05) is 24.3 Å². The topological polar surface area (TPSA) is 105 Å². The summed E-state index contributed by atoms with van der Waals surface area (Å²) < 4.78 is 10.4. The van der Waals surface area contributed by atoms with Crippen LogP contribution in [0.3, 0.4) is 0 Å². The van der Waals surface area contributed by atoms with Gasteiger partial charge in [0, 0.05) is 6.08 Å². The molecule has 20 heavy (non-hydrogen) atoms. The van der Waals surface area contributed by atoms with Gasteiger partial charge in [-0.3, -0.25) is 10.2 Å². The van der Waals surface area contributed by atoms with Gasteiger partial charge in [0.2, 0.25) is 6.79 Å². The van der Waals surface area contributed by atoms with E-state index in [-0.39, 0.29) is 43.0 Å². The standard InChI is InChI=1S/C12H12N2O3.2ClH.H2O/c13-14-12(15)4-2-1-3-9-5-6-10-11(7-9)17-8-16-10;;;/h1-7H,8,13H2,(H,14,15);2*1H;1H2.